The summed E-state index contributed by atoms with van der Waals surface area (Å²) in [6.45, 7) is 10.5. The van der Waals surface area contributed by atoms with Crippen molar-refractivity contribution in [3.63, 3.8) is 0 Å². The smallest absolute Gasteiger partial charge is 0.225 e. The Morgan fingerprint density at radius 1 is 0.926 bits per heavy atom. The number of rotatable bonds is 4. The number of piperazine rings is 1. The monoisotopic (exact) mass is 365 g/mol. The topological polar surface area (TPSA) is 44.3 Å². The quantitative estimate of drug-likeness (QED) is 0.884. The Balaban J connectivity index is 1.44. The van der Waals surface area contributed by atoms with E-state index in [1.807, 2.05) is 0 Å². The molecule has 2 aliphatic rings. The number of nitrogens with one attached hydrogen (secondary N) is 1. The molecule has 5 heteroatoms. The van der Waals surface area contributed by atoms with Gasteiger partial charge in [0.15, 0.2) is 0 Å². The minimum absolute atomic E-state index is 0.542. The van der Waals surface area contributed by atoms with Crippen LogP contribution >= 0.6 is 0 Å². The van der Waals surface area contributed by atoms with Crippen LogP contribution < -0.4 is 15.1 Å². The Bertz CT molecular complexity index is 789. The number of hydrogen-bond acceptors (Lipinski definition) is 5. The number of benzene rings is 1. The Kier molecular flexibility index (Phi) is 5.19. The van der Waals surface area contributed by atoms with Crippen LogP contribution in [0.15, 0.2) is 24.3 Å². The zero-order chi connectivity index (χ0) is 18.8. The van der Waals surface area contributed by atoms with E-state index in [2.05, 4.69) is 65.1 Å². The second kappa shape index (κ2) is 7.75. The molecule has 0 unspecified atom stereocenters. The molecule has 1 aliphatic heterocycles. The van der Waals surface area contributed by atoms with E-state index < -0.39 is 0 Å². The molecule has 1 aliphatic carbocycles. The van der Waals surface area contributed by atoms with Crippen molar-refractivity contribution >= 4 is 17.5 Å². The van der Waals surface area contributed by atoms with Crippen molar-refractivity contribution in [3.8, 4) is 0 Å². The maximum absolute atomic E-state index is 4.84. The summed E-state index contributed by atoms with van der Waals surface area (Å²) in [5.74, 6) is 1.86. The zero-order valence-electron chi connectivity index (χ0n) is 16.8. The molecule has 27 heavy (non-hydrogen) atoms. The Labute approximate surface area is 162 Å². The molecule has 1 saturated heterocycles. The van der Waals surface area contributed by atoms with Gasteiger partial charge in [0.1, 0.15) is 5.82 Å². The Hall–Kier alpha value is -2.30. The summed E-state index contributed by atoms with van der Waals surface area (Å²) in [5.41, 5.74) is 5.17. The maximum atomic E-state index is 4.84. The molecule has 1 N–H and O–H groups in total. The van der Waals surface area contributed by atoms with Crippen molar-refractivity contribution in [2.24, 2.45) is 0 Å². The molecule has 0 amide bonds. The highest BCUT2D eigenvalue weighted by atomic mass is 15.3. The van der Waals surface area contributed by atoms with Crippen molar-refractivity contribution in [2.75, 3.05) is 41.3 Å². The molecule has 1 saturated carbocycles. The largest absolute Gasteiger partial charge is 0.368 e. The van der Waals surface area contributed by atoms with E-state index in [9.17, 15) is 0 Å². The molecule has 1 aromatic heterocycles. The summed E-state index contributed by atoms with van der Waals surface area (Å²) in [6, 6.07) is 9.26. The average Bonchev–Trinajstić information content (AvgIpc) is 3.17. The van der Waals surface area contributed by atoms with Crippen molar-refractivity contribution in [1.29, 1.82) is 0 Å². The molecular weight excluding hydrogens is 334 g/mol. The fraction of sp³-hybridized carbons (Fsp3) is 0.545. The van der Waals surface area contributed by atoms with E-state index in [0.717, 1.165) is 43.6 Å². The minimum Gasteiger partial charge on any atom is -0.368 e. The molecule has 0 bridgehead atoms. The summed E-state index contributed by atoms with van der Waals surface area (Å²) in [4.78, 5) is 14.4. The van der Waals surface area contributed by atoms with E-state index in [-0.39, 0.29) is 0 Å². The molecule has 2 aromatic rings. The zero-order valence-corrected chi connectivity index (χ0v) is 16.8. The lowest BCUT2D eigenvalue weighted by atomic mass is 10.1. The SMILES string of the molecule is Cc1cc(N2CCN(c3cccc(C)c3C)CC2)nc(NC2CCCC2)n1. The van der Waals surface area contributed by atoms with E-state index >= 15 is 0 Å². The lowest BCUT2D eigenvalue weighted by Crippen LogP contribution is -2.47. The van der Waals surface area contributed by atoms with Crippen molar-refractivity contribution in [3.05, 3.63) is 41.1 Å². The van der Waals surface area contributed by atoms with Gasteiger partial charge >= 0.3 is 0 Å². The van der Waals surface area contributed by atoms with Crippen LogP contribution in [0.3, 0.4) is 0 Å². The van der Waals surface area contributed by atoms with Crippen LogP contribution in [-0.4, -0.2) is 42.2 Å². The third kappa shape index (κ3) is 4.02. The van der Waals surface area contributed by atoms with Gasteiger partial charge in [-0.15, -0.1) is 0 Å². The molecule has 2 fully saturated rings. The van der Waals surface area contributed by atoms with Crippen LogP contribution in [0.5, 0.6) is 0 Å². The summed E-state index contributed by atoms with van der Waals surface area (Å²) >= 11 is 0. The first-order valence-electron chi connectivity index (χ1n) is 10.3. The predicted molar refractivity (Wildman–Crippen MR) is 113 cm³/mol. The molecule has 0 spiro atoms. The first-order chi connectivity index (χ1) is 13.1. The predicted octanol–water partition coefficient (Wildman–Crippen LogP) is 4.08. The minimum atomic E-state index is 0.542. The van der Waals surface area contributed by atoms with Gasteiger partial charge in [0.25, 0.3) is 0 Å². The Morgan fingerprint density at radius 3 is 2.37 bits per heavy atom. The van der Waals surface area contributed by atoms with Crippen LogP contribution in [0.1, 0.15) is 42.5 Å². The summed E-state index contributed by atoms with van der Waals surface area (Å²) in [7, 11) is 0. The third-order valence-corrected chi connectivity index (χ3v) is 6.05. The lowest BCUT2D eigenvalue weighted by molar-refractivity contribution is 0.644. The molecule has 1 aromatic carbocycles. The molecule has 4 rings (SSSR count). The van der Waals surface area contributed by atoms with Gasteiger partial charge in [-0.3, -0.25) is 0 Å². The lowest BCUT2D eigenvalue weighted by Gasteiger charge is -2.37. The van der Waals surface area contributed by atoms with Gasteiger partial charge in [-0.1, -0.05) is 25.0 Å². The average molecular weight is 366 g/mol. The van der Waals surface area contributed by atoms with Crippen LogP contribution in [0, 0.1) is 20.8 Å². The summed E-state index contributed by atoms with van der Waals surface area (Å²) < 4.78 is 0. The standard InChI is InChI=1S/C22H31N5/c1-16-7-6-10-20(18(16)3)26-11-13-27(14-12-26)21-15-17(2)23-22(25-21)24-19-8-4-5-9-19/h6-7,10,15,19H,4-5,8-9,11-14H2,1-3H3,(H,23,24,25). The van der Waals surface area contributed by atoms with Crippen LogP contribution in [0.25, 0.3) is 0 Å². The molecule has 0 radical (unpaired) electrons. The van der Waals surface area contributed by atoms with Gasteiger partial charge in [-0.25, -0.2) is 4.98 Å². The highest BCUT2D eigenvalue weighted by Crippen LogP contribution is 2.26. The summed E-state index contributed by atoms with van der Waals surface area (Å²) in [6.07, 6.45) is 5.11. The number of hydrogen-bond donors (Lipinski definition) is 1. The second-order valence-corrected chi connectivity index (χ2v) is 8.01. The van der Waals surface area contributed by atoms with Gasteiger partial charge in [0.2, 0.25) is 5.95 Å². The first-order valence-corrected chi connectivity index (χ1v) is 10.3. The van der Waals surface area contributed by atoms with E-state index in [0.29, 0.717) is 6.04 Å². The fourth-order valence-corrected chi connectivity index (χ4v) is 4.29. The molecule has 2 heterocycles. The molecule has 0 atom stereocenters. The second-order valence-electron chi connectivity index (χ2n) is 8.01. The molecular formula is C22H31N5. The normalized spacial score (nSPS) is 18.2. The third-order valence-electron chi connectivity index (χ3n) is 6.05. The van der Waals surface area contributed by atoms with Gasteiger partial charge in [0.05, 0.1) is 0 Å². The van der Waals surface area contributed by atoms with E-state index in [1.54, 1.807) is 0 Å². The molecule has 144 valence electrons. The number of nitrogens with zero attached hydrogens (tertiary/aromatic N) is 4. The van der Waals surface area contributed by atoms with Crippen LogP contribution in [0.2, 0.25) is 0 Å². The van der Waals surface area contributed by atoms with Crippen LogP contribution in [0.4, 0.5) is 17.5 Å². The highest BCUT2D eigenvalue weighted by Gasteiger charge is 2.21. The fourth-order valence-electron chi connectivity index (χ4n) is 4.29. The highest BCUT2D eigenvalue weighted by molar-refractivity contribution is 5.57. The number of anilines is 3. The van der Waals surface area contributed by atoms with Gasteiger partial charge in [0, 0.05) is 49.7 Å². The van der Waals surface area contributed by atoms with E-state index in [1.165, 1.54) is 42.5 Å². The Morgan fingerprint density at radius 2 is 1.63 bits per heavy atom. The van der Waals surface area contributed by atoms with Crippen LogP contribution in [-0.2, 0) is 0 Å². The number of aromatic nitrogens is 2. The van der Waals surface area contributed by atoms with Gasteiger partial charge in [-0.05, 0) is 50.8 Å². The van der Waals surface area contributed by atoms with Crippen molar-refractivity contribution in [2.45, 2.75) is 52.5 Å². The summed E-state index contributed by atoms with van der Waals surface area (Å²) in [5, 5.41) is 3.55. The maximum Gasteiger partial charge on any atom is 0.225 e. The molecule has 5 nitrogen and oxygen atoms in total. The van der Waals surface area contributed by atoms with E-state index in [4.69, 9.17) is 4.98 Å². The van der Waals surface area contributed by atoms with Gasteiger partial charge < -0.3 is 15.1 Å². The number of aryl methyl sites for hydroxylation is 2. The van der Waals surface area contributed by atoms with Gasteiger partial charge in [-0.2, -0.15) is 4.98 Å². The van der Waals surface area contributed by atoms with Crippen molar-refractivity contribution in [1.82, 2.24) is 9.97 Å². The first kappa shape index (κ1) is 18.1. The van der Waals surface area contributed by atoms with Crippen molar-refractivity contribution < 1.29 is 0 Å².